The van der Waals surface area contributed by atoms with Crippen LogP contribution in [0, 0.1) is 0 Å². The fraction of sp³-hybridized carbons (Fsp3) is 0.200. The summed E-state index contributed by atoms with van der Waals surface area (Å²) in [6, 6.07) is 14.0. The van der Waals surface area contributed by atoms with Gasteiger partial charge in [0.25, 0.3) is 0 Å². The Hall–Kier alpha value is -2.64. The number of nitrogens with zero attached hydrogens (tertiary/aromatic N) is 2. The van der Waals surface area contributed by atoms with Gasteiger partial charge in [0.2, 0.25) is 17.6 Å². The van der Waals surface area contributed by atoms with Gasteiger partial charge < -0.3 is 9.84 Å². The fourth-order valence-electron chi connectivity index (χ4n) is 2.36. The van der Waals surface area contributed by atoms with Crippen LogP contribution in [0.25, 0.3) is 11.4 Å². The molecule has 0 bridgehead atoms. The summed E-state index contributed by atoms with van der Waals surface area (Å²) in [6.07, 6.45) is 0. The summed E-state index contributed by atoms with van der Waals surface area (Å²) in [6.45, 7) is 3.31. The average Bonchev–Trinajstić information content (AvgIpc) is 3.15. The van der Waals surface area contributed by atoms with Gasteiger partial charge in [-0.05, 0) is 50.2 Å². The maximum Gasteiger partial charge on any atom is 0.237 e. The predicted octanol–water partition coefficient (Wildman–Crippen LogP) is 4.85. The lowest BCUT2D eigenvalue weighted by atomic mass is 10.1. The molecular formula is C20H18ClN3O3S. The summed E-state index contributed by atoms with van der Waals surface area (Å²) < 4.78 is 5.25. The molecule has 0 unspecified atom stereocenters. The van der Waals surface area contributed by atoms with Crippen molar-refractivity contribution >= 4 is 40.7 Å². The number of amides is 1. The number of thioether (sulfide) groups is 1. The highest BCUT2D eigenvalue weighted by Gasteiger charge is 2.16. The van der Waals surface area contributed by atoms with Crippen molar-refractivity contribution in [3.8, 4) is 11.4 Å². The first-order valence-electron chi connectivity index (χ1n) is 8.54. The van der Waals surface area contributed by atoms with Crippen LogP contribution in [-0.2, 0) is 10.5 Å². The maximum atomic E-state index is 12.3. The smallest absolute Gasteiger partial charge is 0.237 e. The molecule has 144 valence electrons. The lowest BCUT2D eigenvalue weighted by Crippen LogP contribution is -2.22. The van der Waals surface area contributed by atoms with E-state index in [4.69, 9.17) is 16.1 Å². The van der Waals surface area contributed by atoms with Gasteiger partial charge in [-0.3, -0.25) is 9.59 Å². The predicted molar refractivity (Wildman–Crippen MR) is 111 cm³/mol. The summed E-state index contributed by atoms with van der Waals surface area (Å²) in [7, 11) is 0. The van der Waals surface area contributed by atoms with E-state index < -0.39 is 0 Å². The molecule has 2 aromatic carbocycles. The van der Waals surface area contributed by atoms with Crippen molar-refractivity contribution in [3.63, 3.8) is 0 Å². The van der Waals surface area contributed by atoms with Crippen molar-refractivity contribution in [1.82, 2.24) is 10.1 Å². The molecule has 3 rings (SSSR count). The topological polar surface area (TPSA) is 85.1 Å². The van der Waals surface area contributed by atoms with Crippen molar-refractivity contribution in [2.45, 2.75) is 24.9 Å². The van der Waals surface area contributed by atoms with Gasteiger partial charge in [-0.1, -0.05) is 28.9 Å². The van der Waals surface area contributed by atoms with Crippen LogP contribution in [0.3, 0.4) is 0 Å². The lowest BCUT2D eigenvalue weighted by molar-refractivity contribution is -0.115. The van der Waals surface area contributed by atoms with E-state index >= 15 is 0 Å². The third-order valence-corrected chi connectivity index (χ3v) is 5.30. The Morgan fingerprint density at radius 1 is 1.21 bits per heavy atom. The number of nitrogens with one attached hydrogen (secondary N) is 1. The molecule has 0 fully saturated rings. The molecule has 1 aromatic heterocycles. The molecule has 1 N–H and O–H groups in total. The van der Waals surface area contributed by atoms with Crippen LogP contribution in [-0.4, -0.2) is 27.1 Å². The SMILES string of the molecule is CC(=O)c1ccc(NC(=O)[C@H](C)SCc2nc(-c3cccc(Cl)c3)no2)cc1. The summed E-state index contributed by atoms with van der Waals surface area (Å²) >= 11 is 7.37. The fourth-order valence-corrected chi connectivity index (χ4v) is 3.27. The zero-order valence-electron chi connectivity index (χ0n) is 15.3. The summed E-state index contributed by atoms with van der Waals surface area (Å²) in [4.78, 5) is 28.0. The molecule has 0 aliphatic heterocycles. The van der Waals surface area contributed by atoms with E-state index in [1.165, 1.54) is 18.7 Å². The molecule has 1 amide bonds. The Bertz CT molecular complexity index is 988. The van der Waals surface area contributed by atoms with Gasteiger partial charge in [0.1, 0.15) is 0 Å². The zero-order chi connectivity index (χ0) is 20.1. The molecule has 1 heterocycles. The molecule has 0 saturated heterocycles. The van der Waals surface area contributed by atoms with E-state index in [-0.39, 0.29) is 16.9 Å². The van der Waals surface area contributed by atoms with Crippen LogP contribution in [0.1, 0.15) is 30.1 Å². The summed E-state index contributed by atoms with van der Waals surface area (Å²) in [5.74, 6) is 1.14. The number of hydrogen-bond acceptors (Lipinski definition) is 6. The Kier molecular flexibility index (Phi) is 6.49. The van der Waals surface area contributed by atoms with Crippen LogP contribution >= 0.6 is 23.4 Å². The van der Waals surface area contributed by atoms with E-state index in [1.807, 2.05) is 12.1 Å². The quantitative estimate of drug-likeness (QED) is 0.555. The standard InChI is InChI=1S/C20H18ClN3O3S/c1-12(25)14-6-8-17(9-7-14)22-20(26)13(2)28-11-18-23-19(24-27-18)15-4-3-5-16(21)10-15/h3-10,13H,11H2,1-2H3,(H,22,26)/t13-/m0/s1. The van der Waals surface area contributed by atoms with Crippen LogP contribution in [0.2, 0.25) is 5.02 Å². The minimum absolute atomic E-state index is 0.0153. The van der Waals surface area contributed by atoms with E-state index in [2.05, 4.69) is 15.5 Å². The highest BCUT2D eigenvalue weighted by atomic mass is 35.5. The van der Waals surface area contributed by atoms with Gasteiger partial charge >= 0.3 is 0 Å². The Balaban J connectivity index is 1.54. The Morgan fingerprint density at radius 3 is 2.64 bits per heavy atom. The molecule has 28 heavy (non-hydrogen) atoms. The first kappa shape index (κ1) is 20.1. The molecule has 6 nitrogen and oxygen atoms in total. The number of hydrogen-bond donors (Lipinski definition) is 1. The van der Waals surface area contributed by atoms with Crippen molar-refractivity contribution < 1.29 is 14.1 Å². The largest absolute Gasteiger partial charge is 0.338 e. The summed E-state index contributed by atoms with van der Waals surface area (Å²) in [5.41, 5.74) is 2.02. The van der Waals surface area contributed by atoms with Crippen molar-refractivity contribution in [2.24, 2.45) is 0 Å². The van der Waals surface area contributed by atoms with Gasteiger partial charge in [0.05, 0.1) is 11.0 Å². The Labute approximate surface area is 171 Å². The monoisotopic (exact) mass is 415 g/mol. The lowest BCUT2D eigenvalue weighted by Gasteiger charge is -2.11. The second kappa shape index (κ2) is 9.03. The van der Waals surface area contributed by atoms with E-state index in [1.54, 1.807) is 43.3 Å². The molecule has 0 radical (unpaired) electrons. The minimum atomic E-state index is -0.325. The van der Waals surface area contributed by atoms with Gasteiger partial charge in [-0.25, -0.2) is 0 Å². The molecule has 0 spiro atoms. The van der Waals surface area contributed by atoms with E-state index in [9.17, 15) is 9.59 Å². The third-order valence-electron chi connectivity index (χ3n) is 3.94. The van der Waals surface area contributed by atoms with E-state index in [0.29, 0.717) is 33.7 Å². The molecule has 8 heteroatoms. The first-order valence-corrected chi connectivity index (χ1v) is 9.97. The van der Waals surface area contributed by atoms with Crippen LogP contribution < -0.4 is 5.32 Å². The van der Waals surface area contributed by atoms with Gasteiger partial charge in [0, 0.05) is 21.8 Å². The molecule has 0 aliphatic carbocycles. The number of anilines is 1. The van der Waals surface area contributed by atoms with E-state index in [0.717, 1.165) is 5.56 Å². The van der Waals surface area contributed by atoms with Crippen LogP contribution in [0.4, 0.5) is 5.69 Å². The number of rotatable bonds is 7. The number of ketones is 1. The van der Waals surface area contributed by atoms with Crippen LogP contribution in [0.5, 0.6) is 0 Å². The minimum Gasteiger partial charge on any atom is -0.338 e. The number of aromatic nitrogens is 2. The first-order chi connectivity index (χ1) is 13.4. The average molecular weight is 416 g/mol. The molecular weight excluding hydrogens is 398 g/mol. The highest BCUT2D eigenvalue weighted by Crippen LogP contribution is 2.23. The van der Waals surface area contributed by atoms with Crippen LogP contribution in [0.15, 0.2) is 53.1 Å². The van der Waals surface area contributed by atoms with Gasteiger partial charge in [-0.2, -0.15) is 4.98 Å². The molecule has 0 aliphatic rings. The van der Waals surface area contributed by atoms with Crippen molar-refractivity contribution in [2.75, 3.05) is 5.32 Å². The van der Waals surface area contributed by atoms with Crippen molar-refractivity contribution in [1.29, 1.82) is 0 Å². The zero-order valence-corrected chi connectivity index (χ0v) is 16.9. The number of Topliss-reactive ketones (excluding diaryl/α,β-unsaturated/α-hetero) is 1. The van der Waals surface area contributed by atoms with Crippen molar-refractivity contribution in [3.05, 3.63) is 65.0 Å². The number of carbonyl (C=O) groups is 2. The highest BCUT2D eigenvalue weighted by molar-refractivity contribution is 7.99. The number of carbonyl (C=O) groups excluding carboxylic acids is 2. The normalized spacial score (nSPS) is 11.8. The number of benzene rings is 2. The third kappa shape index (κ3) is 5.21. The molecule has 0 saturated carbocycles. The second-order valence-corrected chi connectivity index (χ2v) is 7.86. The molecule has 3 aromatic rings. The number of halogens is 1. The van der Waals surface area contributed by atoms with Gasteiger partial charge in [-0.15, -0.1) is 11.8 Å². The molecule has 1 atom stereocenters. The Morgan fingerprint density at radius 2 is 1.96 bits per heavy atom. The maximum absolute atomic E-state index is 12.3. The second-order valence-electron chi connectivity index (χ2n) is 6.10. The van der Waals surface area contributed by atoms with Gasteiger partial charge in [0.15, 0.2) is 5.78 Å². The summed E-state index contributed by atoms with van der Waals surface area (Å²) in [5, 5.41) is 7.06.